The van der Waals surface area contributed by atoms with Gasteiger partial charge in [-0.3, -0.25) is 9.78 Å². The lowest BCUT2D eigenvalue weighted by molar-refractivity contribution is 0.0172. The molecule has 0 spiro atoms. The number of carbonyl (C=O) groups excluding carboxylic acids is 1. The van der Waals surface area contributed by atoms with Crippen LogP contribution in [0.4, 0.5) is 13.2 Å². The first-order valence-electron chi connectivity index (χ1n) is 10.8. The van der Waals surface area contributed by atoms with E-state index in [1.807, 2.05) is 0 Å². The molecule has 0 N–H and O–H groups in total. The van der Waals surface area contributed by atoms with E-state index in [2.05, 4.69) is 21.0 Å². The minimum Gasteiger partial charge on any atom is -0.338 e. The lowest BCUT2D eigenvalue weighted by atomic mass is 9.74. The Balaban J connectivity index is 1.52. The van der Waals surface area contributed by atoms with Crippen LogP contribution in [0.5, 0.6) is 0 Å². The highest BCUT2D eigenvalue weighted by atomic mass is 19.3. The van der Waals surface area contributed by atoms with Crippen molar-refractivity contribution in [3.8, 4) is 17.5 Å². The maximum atomic E-state index is 14.4. The van der Waals surface area contributed by atoms with Crippen molar-refractivity contribution >= 4 is 5.91 Å². The molecule has 0 aliphatic carbocycles. The number of alkyl halides is 2. The van der Waals surface area contributed by atoms with E-state index >= 15 is 0 Å². The number of aromatic nitrogens is 3. The minimum absolute atomic E-state index is 0.000359. The fourth-order valence-electron chi connectivity index (χ4n) is 4.20. The summed E-state index contributed by atoms with van der Waals surface area (Å²) in [7, 11) is 0. The molecule has 174 valence electrons. The van der Waals surface area contributed by atoms with Gasteiger partial charge in [0, 0.05) is 38.0 Å². The molecule has 9 heteroatoms. The van der Waals surface area contributed by atoms with Crippen LogP contribution in [0.1, 0.15) is 41.3 Å². The predicted molar refractivity (Wildman–Crippen MR) is 118 cm³/mol. The molecule has 3 aromatic rings. The second kappa shape index (κ2) is 9.21. The van der Waals surface area contributed by atoms with Gasteiger partial charge in [-0.2, -0.15) is 5.26 Å². The molecule has 34 heavy (non-hydrogen) atoms. The Bertz CT molecular complexity index is 1230. The molecule has 0 unspecified atom stereocenters. The molecule has 2 aromatic heterocycles. The van der Waals surface area contributed by atoms with Crippen LogP contribution in [0.3, 0.4) is 0 Å². The molecule has 0 bridgehead atoms. The number of likely N-dealkylation sites (tertiary alicyclic amines) is 1. The van der Waals surface area contributed by atoms with Gasteiger partial charge in [0.25, 0.3) is 11.8 Å². The summed E-state index contributed by atoms with van der Waals surface area (Å²) in [6, 6.07) is 10.5. The lowest BCUT2D eigenvalue weighted by Gasteiger charge is -2.37. The molecule has 0 saturated carbocycles. The van der Waals surface area contributed by atoms with Crippen LogP contribution in [0.25, 0.3) is 11.4 Å². The Labute approximate surface area is 195 Å². The number of pyridine rings is 1. The highest BCUT2D eigenvalue weighted by Gasteiger charge is 2.38. The number of amides is 1. The number of halogens is 3. The van der Waals surface area contributed by atoms with Gasteiger partial charge in [0.05, 0.1) is 22.7 Å². The summed E-state index contributed by atoms with van der Waals surface area (Å²) < 4.78 is 41.9. The molecule has 1 aliphatic rings. The lowest BCUT2D eigenvalue weighted by Crippen LogP contribution is -2.43. The standard InChI is InChI=1S/C25H22F3N5O/c1-24(27,28)18-4-5-20(26)17(13-18)14-25(15-29)7-11-33(12-8-25)23(34)19-3-2-9-31-22(19)21-6-10-30-16-32-21/h2-6,9-10,13,16H,7-8,11-12,14H2,1H3. The molecule has 0 radical (unpaired) electrons. The van der Waals surface area contributed by atoms with Gasteiger partial charge in [-0.1, -0.05) is 6.07 Å². The number of hydrogen-bond acceptors (Lipinski definition) is 5. The van der Waals surface area contributed by atoms with Crippen molar-refractivity contribution in [3.05, 3.63) is 77.6 Å². The van der Waals surface area contributed by atoms with Crippen LogP contribution in [0.15, 0.2) is 55.1 Å². The van der Waals surface area contributed by atoms with Gasteiger partial charge in [-0.05, 0) is 55.2 Å². The van der Waals surface area contributed by atoms with Gasteiger partial charge >= 0.3 is 0 Å². The van der Waals surface area contributed by atoms with Crippen LogP contribution in [0, 0.1) is 22.6 Å². The zero-order valence-corrected chi connectivity index (χ0v) is 18.5. The number of benzene rings is 1. The Morgan fingerprint density at radius 1 is 1.18 bits per heavy atom. The third-order valence-corrected chi connectivity index (χ3v) is 6.19. The van der Waals surface area contributed by atoms with Crippen LogP contribution < -0.4 is 0 Å². The normalized spacial score (nSPS) is 15.6. The van der Waals surface area contributed by atoms with E-state index in [9.17, 15) is 23.2 Å². The Morgan fingerprint density at radius 2 is 1.94 bits per heavy atom. The Morgan fingerprint density at radius 3 is 2.59 bits per heavy atom. The van der Waals surface area contributed by atoms with Crippen LogP contribution in [0.2, 0.25) is 0 Å². The average Bonchev–Trinajstić information content (AvgIpc) is 2.85. The highest BCUT2D eigenvalue weighted by molar-refractivity contribution is 5.99. The number of rotatable bonds is 5. The second-order valence-corrected chi connectivity index (χ2v) is 8.55. The van der Waals surface area contributed by atoms with Crippen molar-refractivity contribution in [1.82, 2.24) is 19.9 Å². The summed E-state index contributed by atoms with van der Waals surface area (Å²) in [6.07, 6.45) is 5.11. The van der Waals surface area contributed by atoms with E-state index in [1.165, 1.54) is 6.33 Å². The van der Waals surface area contributed by atoms with Crippen LogP contribution in [-0.4, -0.2) is 38.8 Å². The minimum atomic E-state index is -3.11. The fraction of sp³-hybridized carbons (Fsp3) is 0.320. The molecule has 1 aromatic carbocycles. The summed E-state index contributed by atoms with van der Waals surface area (Å²) in [4.78, 5) is 27.3. The van der Waals surface area contributed by atoms with Crippen LogP contribution >= 0.6 is 0 Å². The van der Waals surface area contributed by atoms with E-state index in [-0.39, 0.29) is 36.5 Å². The first kappa shape index (κ1) is 23.4. The summed E-state index contributed by atoms with van der Waals surface area (Å²) in [5, 5.41) is 9.91. The monoisotopic (exact) mass is 465 g/mol. The summed E-state index contributed by atoms with van der Waals surface area (Å²) in [5.74, 6) is -3.97. The molecule has 1 fully saturated rings. The second-order valence-electron chi connectivity index (χ2n) is 8.55. The van der Waals surface area contributed by atoms with Crippen molar-refractivity contribution in [1.29, 1.82) is 5.26 Å². The van der Waals surface area contributed by atoms with Crippen molar-refractivity contribution in [3.63, 3.8) is 0 Å². The number of carbonyl (C=O) groups is 1. The van der Waals surface area contributed by atoms with E-state index in [0.29, 0.717) is 29.8 Å². The van der Waals surface area contributed by atoms with Gasteiger partial charge in [-0.25, -0.2) is 23.1 Å². The largest absolute Gasteiger partial charge is 0.338 e. The maximum absolute atomic E-state index is 14.4. The summed E-state index contributed by atoms with van der Waals surface area (Å²) in [5.41, 5.74) is 0.174. The molecule has 3 heterocycles. The van der Waals surface area contributed by atoms with E-state index in [0.717, 1.165) is 25.1 Å². The highest BCUT2D eigenvalue weighted by Crippen LogP contribution is 2.37. The molecule has 4 rings (SSSR count). The average molecular weight is 465 g/mol. The quantitative estimate of drug-likeness (QED) is 0.542. The van der Waals surface area contributed by atoms with Gasteiger partial charge in [0.1, 0.15) is 17.8 Å². The van der Waals surface area contributed by atoms with Gasteiger partial charge in [-0.15, -0.1) is 0 Å². The smallest absolute Gasteiger partial charge is 0.270 e. The molecule has 0 atom stereocenters. The maximum Gasteiger partial charge on any atom is 0.270 e. The molecule has 6 nitrogen and oxygen atoms in total. The number of nitriles is 1. The SMILES string of the molecule is CC(F)(F)c1ccc(F)c(CC2(C#N)CCN(C(=O)c3cccnc3-c3ccncn3)CC2)c1. The molecular weight excluding hydrogens is 443 g/mol. The Hall–Kier alpha value is -3.80. The molecular formula is C25H22F3N5O. The van der Waals surface area contributed by atoms with E-state index in [4.69, 9.17) is 0 Å². The van der Waals surface area contributed by atoms with Gasteiger partial charge in [0.15, 0.2) is 0 Å². The predicted octanol–water partition coefficient (Wildman–Crippen LogP) is 4.78. The van der Waals surface area contributed by atoms with Crippen LogP contribution in [-0.2, 0) is 12.3 Å². The summed E-state index contributed by atoms with van der Waals surface area (Å²) >= 11 is 0. The third kappa shape index (κ3) is 4.76. The third-order valence-electron chi connectivity index (χ3n) is 6.19. The zero-order valence-electron chi connectivity index (χ0n) is 18.5. The molecule has 1 saturated heterocycles. The zero-order chi connectivity index (χ0) is 24.3. The number of nitrogens with zero attached hydrogens (tertiary/aromatic N) is 5. The topological polar surface area (TPSA) is 82.8 Å². The van der Waals surface area contributed by atoms with Gasteiger partial charge in [0.2, 0.25) is 0 Å². The van der Waals surface area contributed by atoms with Gasteiger partial charge < -0.3 is 4.90 Å². The van der Waals surface area contributed by atoms with Crippen molar-refractivity contribution < 1.29 is 18.0 Å². The van der Waals surface area contributed by atoms with Crippen molar-refractivity contribution in [2.24, 2.45) is 5.41 Å². The Kier molecular flexibility index (Phi) is 6.33. The van der Waals surface area contributed by atoms with E-state index in [1.54, 1.807) is 35.5 Å². The number of piperidine rings is 1. The number of hydrogen-bond donors (Lipinski definition) is 0. The van der Waals surface area contributed by atoms with E-state index < -0.39 is 17.2 Å². The fourth-order valence-corrected chi connectivity index (χ4v) is 4.20. The molecule has 1 amide bonds. The first-order valence-corrected chi connectivity index (χ1v) is 10.8. The van der Waals surface area contributed by atoms with Crippen molar-refractivity contribution in [2.75, 3.05) is 13.1 Å². The molecule has 1 aliphatic heterocycles. The van der Waals surface area contributed by atoms with Crippen molar-refractivity contribution in [2.45, 2.75) is 32.1 Å². The summed E-state index contributed by atoms with van der Waals surface area (Å²) in [6.45, 7) is 1.30. The first-order chi connectivity index (χ1) is 16.2.